The van der Waals surface area contributed by atoms with Crippen LogP contribution in [0.15, 0.2) is 0 Å². The van der Waals surface area contributed by atoms with E-state index in [1.807, 2.05) is 13.8 Å². The quantitative estimate of drug-likeness (QED) is 0.815. The predicted octanol–water partition coefficient (Wildman–Crippen LogP) is 2.66. The first-order valence-corrected chi connectivity index (χ1v) is 7.74. The van der Waals surface area contributed by atoms with Crippen molar-refractivity contribution in [3.8, 4) is 0 Å². The van der Waals surface area contributed by atoms with Crippen LogP contribution < -0.4 is 0 Å². The molecule has 0 aromatic heterocycles. The van der Waals surface area contributed by atoms with Crippen molar-refractivity contribution in [2.45, 2.75) is 53.0 Å². The molecule has 1 fully saturated rings. The summed E-state index contributed by atoms with van der Waals surface area (Å²) in [6.45, 7) is 10.0. The van der Waals surface area contributed by atoms with E-state index < -0.39 is 12.0 Å². The third-order valence-electron chi connectivity index (χ3n) is 4.48. The second kappa shape index (κ2) is 7.50. The average molecular weight is 284 g/mol. The van der Waals surface area contributed by atoms with Crippen molar-refractivity contribution in [3.63, 3.8) is 0 Å². The number of carboxylic acid groups (broad SMARTS) is 1. The first-order valence-electron chi connectivity index (χ1n) is 7.74. The molecule has 0 radical (unpaired) electrons. The van der Waals surface area contributed by atoms with Gasteiger partial charge in [-0.2, -0.15) is 0 Å². The number of hydrogen-bond acceptors (Lipinski definition) is 2. The van der Waals surface area contributed by atoms with E-state index in [0.717, 1.165) is 25.8 Å². The van der Waals surface area contributed by atoms with Gasteiger partial charge in [-0.15, -0.1) is 0 Å². The summed E-state index contributed by atoms with van der Waals surface area (Å²) in [6, 6.07) is -0.783. The number of nitrogens with zero attached hydrogens (tertiary/aromatic N) is 2. The van der Waals surface area contributed by atoms with Crippen LogP contribution in [-0.4, -0.2) is 52.6 Å². The fraction of sp³-hybridized carbons (Fsp3) is 0.867. The molecule has 0 spiro atoms. The molecule has 5 nitrogen and oxygen atoms in total. The minimum atomic E-state index is -0.887. The van der Waals surface area contributed by atoms with Crippen LogP contribution in [0.3, 0.4) is 0 Å². The molecule has 5 heteroatoms. The van der Waals surface area contributed by atoms with Crippen LogP contribution in [-0.2, 0) is 4.79 Å². The van der Waals surface area contributed by atoms with Gasteiger partial charge in [0, 0.05) is 19.6 Å². The Labute approximate surface area is 121 Å². The van der Waals surface area contributed by atoms with Crippen LogP contribution in [0.4, 0.5) is 4.79 Å². The van der Waals surface area contributed by atoms with Gasteiger partial charge < -0.3 is 14.9 Å². The molecule has 2 atom stereocenters. The van der Waals surface area contributed by atoms with Crippen molar-refractivity contribution >= 4 is 12.0 Å². The summed E-state index contributed by atoms with van der Waals surface area (Å²) in [6.07, 6.45) is 2.85. The summed E-state index contributed by atoms with van der Waals surface area (Å²) in [4.78, 5) is 27.3. The predicted molar refractivity (Wildman–Crippen MR) is 78.6 cm³/mol. The Hall–Kier alpha value is -1.26. The van der Waals surface area contributed by atoms with E-state index in [2.05, 4.69) is 13.8 Å². The SMILES string of the molecule is CCC(CC)CN(CC)C(=O)N1CCC(C)C1C(=O)O. The highest BCUT2D eigenvalue weighted by Crippen LogP contribution is 2.25. The molecular weight excluding hydrogens is 256 g/mol. The zero-order chi connectivity index (χ0) is 15.3. The topological polar surface area (TPSA) is 60.9 Å². The summed E-state index contributed by atoms with van der Waals surface area (Å²) in [5, 5.41) is 9.32. The molecule has 20 heavy (non-hydrogen) atoms. The zero-order valence-corrected chi connectivity index (χ0v) is 13.1. The van der Waals surface area contributed by atoms with Crippen LogP contribution in [0.1, 0.15) is 47.0 Å². The second-order valence-electron chi connectivity index (χ2n) is 5.75. The summed E-state index contributed by atoms with van der Waals surface area (Å²) < 4.78 is 0. The number of hydrogen-bond donors (Lipinski definition) is 1. The largest absolute Gasteiger partial charge is 0.480 e. The van der Waals surface area contributed by atoms with E-state index in [4.69, 9.17) is 0 Å². The first-order chi connectivity index (χ1) is 9.46. The van der Waals surface area contributed by atoms with E-state index in [1.54, 1.807) is 9.80 Å². The van der Waals surface area contributed by atoms with Gasteiger partial charge >= 0.3 is 12.0 Å². The summed E-state index contributed by atoms with van der Waals surface area (Å²) >= 11 is 0. The minimum Gasteiger partial charge on any atom is -0.480 e. The number of amides is 2. The lowest BCUT2D eigenvalue weighted by atomic mass is 10.0. The van der Waals surface area contributed by atoms with Crippen LogP contribution >= 0.6 is 0 Å². The van der Waals surface area contributed by atoms with Crippen molar-refractivity contribution in [2.24, 2.45) is 11.8 Å². The smallest absolute Gasteiger partial charge is 0.326 e. The lowest BCUT2D eigenvalue weighted by Gasteiger charge is -2.32. The van der Waals surface area contributed by atoms with Crippen LogP contribution in [0.5, 0.6) is 0 Å². The highest BCUT2D eigenvalue weighted by atomic mass is 16.4. The van der Waals surface area contributed by atoms with Gasteiger partial charge in [-0.1, -0.05) is 33.6 Å². The molecule has 1 aliphatic rings. The number of carboxylic acids is 1. The third kappa shape index (κ3) is 3.64. The molecule has 1 aliphatic heterocycles. The number of rotatable bonds is 6. The van der Waals surface area contributed by atoms with Crippen LogP contribution in [0, 0.1) is 11.8 Å². The van der Waals surface area contributed by atoms with E-state index in [1.165, 1.54) is 0 Å². The molecule has 1 heterocycles. The van der Waals surface area contributed by atoms with E-state index in [-0.39, 0.29) is 11.9 Å². The highest BCUT2D eigenvalue weighted by molar-refractivity contribution is 5.83. The Morgan fingerprint density at radius 1 is 1.30 bits per heavy atom. The summed E-state index contributed by atoms with van der Waals surface area (Å²) in [5.41, 5.74) is 0. The molecule has 0 bridgehead atoms. The van der Waals surface area contributed by atoms with Gasteiger partial charge in [0.25, 0.3) is 0 Å². The van der Waals surface area contributed by atoms with Crippen molar-refractivity contribution < 1.29 is 14.7 Å². The summed E-state index contributed by atoms with van der Waals surface area (Å²) in [5.74, 6) is -0.368. The zero-order valence-electron chi connectivity index (χ0n) is 13.1. The Balaban J connectivity index is 2.77. The van der Waals surface area contributed by atoms with Gasteiger partial charge in [0.1, 0.15) is 6.04 Å². The minimum absolute atomic E-state index is 0.0308. The number of carbonyl (C=O) groups is 2. The monoisotopic (exact) mass is 284 g/mol. The lowest BCUT2D eigenvalue weighted by molar-refractivity contribution is -0.142. The Morgan fingerprint density at radius 3 is 2.35 bits per heavy atom. The fourth-order valence-corrected chi connectivity index (χ4v) is 2.92. The van der Waals surface area contributed by atoms with Crippen LogP contribution in [0.25, 0.3) is 0 Å². The maximum atomic E-state index is 12.6. The van der Waals surface area contributed by atoms with E-state index in [9.17, 15) is 14.7 Å². The normalized spacial score (nSPS) is 22.4. The average Bonchev–Trinajstić information content (AvgIpc) is 2.81. The Morgan fingerprint density at radius 2 is 1.90 bits per heavy atom. The Kier molecular flexibility index (Phi) is 6.30. The second-order valence-corrected chi connectivity index (χ2v) is 5.75. The van der Waals surface area contributed by atoms with Crippen LogP contribution in [0.2, 0.25) is 0 Å². The van der Waals surface area contributed by atoms with E-state index in [0.29, 0.717) is 19.0 Å². The molecule has 1 N–H and O–H groups in total. The maximum absolute atomic E-state index is 12.6. The molecule has 0 aliphatic carbocycles. The summed E-state index contributed by atoms with van der Waals surface area (Å²) in [7, 11) is 0. The molecule has 0 aromatic rings. The molecule has 2 unspecified atom stereocenters. The fourth-order valence-electron chi connectivity index (χ4n) is 2.92. The maximum Gasteiger partial charge on any atom is 0.326 e. The van der Waals surface area contributed by atoms with E-state index >= 15 is 0 Å². The molecular formula is C15H28N2O3. The molecule has 1 saturated heterocycles. The third-order valence-corrected chi connectivity index (χ3v) is 4.48. The van der Waals surface area contributed by atoms with Gasteiger partial charge in [0.2, 0.25) is 0 Å². The molecule has 2 amide bonds. The van der Waals surface area contributed by atoms with Gasteiger partial charge in [0.15, 0.2) is 0 Å². The number of urea groups is 1. The van der Waals surface area contributed by atoms with Crippen molar-refractivity contribution in [2.75, 3.05) is 19.6 Å². The Bertz CT molecular complexity index is 342. The van der Waals surface area contributed by atoms with Gasteiger partial charge in [-0.25, -0.2) is 9.59 Å². The van der Waals surface area contributed by atoms with Gasteiger partial charge in [-0.05, 0) is 25.2 Å². The van der Waals surface area contributed by atoms with Crippen molar-refractivity contribution in [1.82, 2.24) is 9.80 Å². The van der Waals surface area contributed by atoms with Crippen molar-refractivity contribution in [1.29, 1.82) is 0 Å². The molecule has 0 aromatic carbocycles. The highest BCUT2D eigenvalue weighted by Gasteiger charge is 2.40. The number of likely N-dealkylation sites (tertiary alicyclic amines) is 1. The number of aliphatic carboxylic acids is 1. The van der Waals surface area contributed by atoms with Gasteiger partial charge in [-0.3, -0.25) is 0 Å². The van der Waals surface area contributed by atoms with Crippen molar-refractivity contribution in [3.05, 3.63) is 0 Å². The standard InChI is InChI=1S/C15H28N2O3/c1-5-12(6-2)10-16(7-3)15(20)17-9-8-11(4)13(17)14(18)19/h11-13H,5-10H2,1-4H3,(H,18,19). The molecule has 1 rings (SSSR count). The lowest BCUT2D eigenvalue weighted by Crippen LogP contribution is -2.50. The number of carbonyl (C=O) groups excluding carboxylic acids is 1. The molecule has 116 valence electrons. The van der Waals surface area contributed by atoms with Gasteiger partial charge in [0.05, 0.1) is 0 Å². The first kappa shape index (κ1) is 16.8. The molecule has 0 saturated carbocycles.